The van der Waals surface area contributed by atoms with Crippen molar-refractivity contribution < 1.29 is 14.1 Å². The Balaban J connectivity index is 1.47. The molecule has 2 aromatic carbocycles. The molecule has 0 aliphatic carbocycles. The predicted molar refractivity (Wildman–Crippen MR) is 114 cm³/mol. The van der Waals surface area contributed by atoms with Gasteiger partial charge in [0.15, 0.2) is 0 Å². The largest absolute Gasteiger partial charge is 0.350 e. The van der Waals surface area contributed by atoms with E-state index in [1.807, 2.05) is 43.3 Å². The van der Waals surface area contributed by atoms with E-state index >= 15 is 0 Å². The van der Waals surface area contributed by atoms with E-state index in [0.29, 0.717) is 11.4 Å². The summed E-state index contributed by atoms with van der Waals surface area (Å²) in [5.74, 6) is -0.435. The molecular formula is C23H26N4O3. The van der Waals surface area contributed by atoms with Crippen molar-refractivity contribution in [2.45, 2.75) is 33.1 Å². The van der Waals surface area contributed by atoms with E-state index < -0.39 is 5.91 Å². The van der Waals surface area contributed by atoms with Gasteiger partial charge >= 0.3 is 11.8 Å². The van der Waals surface area contributed by atoms with Crippen LogP contribution in [0.2, 0.25) is 0 Å². The van der Waals surface area contributed by atoms with Crippen molar-refractivity contribution >= 4 is 11.8 Å². The standard InChI is InChI=1S/C23H26N4O3/c1-15-5-7-16(8-6-15)19-26-22(30-27-19)21(29)25-14-13-24-20(28)17-9-11-18(12-10-17)23(2,3)4/h5-12H,13-14H2,1-4H3,(H,24,28)(H,25,29). The molecule has 156 valence electrons. The lowest BCUT2D eigenvalue weighted by molar-refractivity contribution is 0.0898. The van der Waals surface area contributed by atoms with Crippen molar-refractivity contribution in [2.24, 2.45) is 0 Å². The van der Waals surface area contributed by atoms with Crippen molar-refractivity contribution in [3.8, 4) is 11.4 Å². The number of carbonyl (C=O) groups excluding carboxylic acids is 2. The molecule has 0 aliphatic heterocycles. The van der Waals surface area contributed by atoms with Gasteiger partial charge in [-0.15, -0.1) is 0 Å². The summed E-state index contributed by atoms with van der Waals surface area (Å²) in [7, 11) is 0. The predicted octanol–water partition coefficient (Wildman–Crippen LogP) is 3.50. The Hall–Kier alpha value is -3.48. The lowest BCUT2D eigenvalue weighted by Gasteiger charge is -2.19. The molecule has 30 heavy (non-hydrogen) atoms. The van der Waals surface area contributed by atoms with Gasteiger partial charge in [-0.1, -0.05) is 67.9 Å². The second-order valence-electron chi connectivity index (χ2n) is 8.13. The monoisotopic (exact) mass is 406 g/mol. The van der Waals surface area contributed by atoms with Gasteiger partial charge in [0.05, 0.1) is 0 Å². The highest BCUT2D eigenvalue weighted by Crippen LogP contribution is 2.22. The summed E-state index contributed by atoms with van der Waals surface area (Å²) in [5.41, 5.74) is 3.67. The van der Waals surface area contributed by atoms with Gasteiger partial charge in [-0.3, -0.25) is 9.59 Å². The maximum Gasteiger partial charge on any atom is 0.316 e. The topological polar surface area (TPSA) is 97.1 Å². The van der Waals surface area contributed by atoms with Gasteiger partial charge in [0.2, 0.25) is 5.82 Å². The van der Waals surface area contributed by atoms with E-state index in [0.717, 1.165) is 16.7 Å². The zero-order chi connectivity index (χ0) is 21.7. The summed E-state index contributed by atoms with van der Waals surface area (Å²) in [6, 6.07) is 15.1. The molecule has 0 aliphatic rings. The number of amides is 2. The molecule has 0 bridgehead atoms. The van der Waals surface area contributed by atoms with Gasteiger partial charge in [0.1, 0.15) is 0 Å². The zero-order valence-corrected chi connectivity index (χ0v) is 17.7. The first-order valence-corrected chi connectivity index (χ1v) is 9.82. The molecule has 0 spiro atoms. The number of hydrogen-bond donors (Lipinski definition) is 2. The molecule has 1 heterocycles. The quantitative estimate of drug-likeness (QED) is 0.611. The van der Waals surface area contributed by atoms with E-state index in [2.05, 4.69) is 41.5 Å². The number of aryl methyl sites for hydroxylation is 1. The minimum absolute atomic E-state index is 0.0351. The third-order valence-electron chi connectivity index (χ3n) is 4.64. The fourth-order valence-electron chi connectivity index (χ4n) is 2.79. The number of aromatic nitrogens is 2. The molecular weight excluding hydrogens is 380 g/mol. The van der Waals surface area contributed by atoms with Crippen LogP contribution in [0.5, 0.6) is 0 Å². The fraction of sp³-hybridized carbons (Fsp3) is 0.304. The molecule has 0 unspecified atom stereocenters. The van der Waals surface area contributed by atoms with Crippen LogP contribution in [0.25, 0.3) is 11.4 Å². The molecule has 1 aromatic heterocycles. The average molecular weight is 406 g/mol. The number of rotatable bonds is 6. The highest BCUT2D eigenvalue weighted by atomic mass is 16.5. The first kappa shape index (κ1) is 21.2. The summed E-state index contributed by atoms with van der Waals surface area (Å²) in [6.07, 6.45) is 0. The van der Waals surface area contributed by atoms with Gasteiger partial charge in [-0.05, 0) is 30.0 Å². The van der Waals surface area contributed by atoms with Gasteiger partial charge in [0, 0.05) is 24.2 Å². The smallest absolute Gasteiger partial charge is 0.316 e. The van der Waals surface area contributed by atoms with E-state index in [4.69, 9.17) is 4.52 Å². The molecule has 0 radical (unpaired) electrons. The molecule has 3 rings (SSSR count). The summed E-state index contributed by atoms with van der Waals surface area (Å²) >= 11 is 0. The number of carbonyl (C=O) groups is 2. The number of nitrogens with zero attached hydrogens (tertiary/aromatic N) is 2. The first-order chi connectivity index (χ1) is 14.2. The second kappa shape index (κ2) is 8.90. The maximum atomic E-state index is 12.2. The molecule has 3 aromatic rings. The van der Waals surface area contributed by atoms with E-state index in [1.54, 1.807) is 12.1 Å². The van der Waals surface area contributed by atoms with Gasteiger partial charge in [-0.2, -0.15) is 4.98 Å². The lowest BCUT2D eigenvalue weighted by Crippen LogP contribution is -2.34. The van der Waals surface area contributed by atoms with Crippen LogP contribution in [0.3, 0.4) is 0 Å². The number of nitrogens with one attached hydrogen (secondary N) is 2. The summed E-state index contributed by atoms with van der Waals surface area (Å²) < 4.78 is 5.04. The van der Waals surface area contributed by atoms with E-state index in [-0.39, 0.29) is 30.3 Å². The molecule has 2 N–H and O–H groups in total. The number of benzene rings is 2. The normalized spacial score (nSPS) is 11.2. The summed E-state index contributed by atoms with van der Waals surface area (Å²) in [5, 5.41) is 9.28. The first-order valence-electron chi connectivity index (χ1n) is 9.82. The summed E-state index contributed by atoms with van der Waals surface area (Å²) in [4.78, 5) is 28.5. The molecule has 0 atom stereocenters. The van der Waals surface area contributed by atoms with Gasteiger partial charge in [0.25, 0.3) is 5.91 Å². The molecule has 0 fully saturated rings. The third kappa shape index (κ3) is 5.31. The van der Waals surface area contributed by atoms with Gasteiger partial charge < -0.3 is 15.2 Å². The fourth-order valence-corrected chi connectivity index (χ4v) is 2.79. The van der Waals surface area contributed by atoms with Crippen LogP contribution in [0.4, 0.5) is 0 Å². The maximum absolute atomic E-state index is 12.2. The molecule has 0 saturated carbocycles. The average Bonchev–Trinajstić information content (AvgIpc) is 3.21. The van der Waals surface area contributed by atoms with Gasteiger partial charge in [-0.25, -0.2) is 0 Å². The second-order valence-corrected chi connectivity index (χ2v) is 8.13. The Morgan fingerprint density at radius 2 is 1.50 bits per heavy atom. The van der Waals surface area contributed by atoms with Crippen LogP contribution >= 0.6 is 0 Å². The van der Waals surface area contributed by atoms with Crippen molar-refractivity contribution in [3.63, 3.8) is 0 Å². The van der Waals surface area contributed by atoms with Crippen LogP contribution in [-0.2, 0) is 5.41 Å². The van der Waals surface area contributed by atoms with Crippen LogP contribution in [-0.4, -0.2) is 35.0 Å². The van der Waals surface area contributed by atoms with Crippen molar-refractivity contribution in [1.29, 1.82) is 0 Å². The molecule has 2 amide bonds. The molecule has 7 nitrogen and oxygen atoms in total. The third-order valence-corrected chi connectivity index (χ3v) is 4.64. The molecule has 7 heteroatoms. The van der Waals surface area contributed by atoms with Crippen LogP contribution in [0, 0.1) is 6.92 Å². The lowest BCUT2D eigenvalue weighted by atomic mass is 9.87. The minimum atomic E-state index is -0.482. The minimum Gasteiger partial charge on any atom is -0.350 e. The van der Waals surface area contributed by atoms with E-state index in [1.165, 1.54) is 0 Å². The van der Waals surface area contributed by atoms with Crippen LogP contribution in [0.15, 0.2) is 53.1 Å². The Bertz CT molecular complexity index is 1020. The highest BCUT2D eigenvalue weighted by Gasteiger charge is 2.16. The SMILES string of the molecule is Cc1ccc(-c2noc(C(=O)NCCNC(=O)c3ccc(C(C)(C)C)cc3)n2)cc1. The number of hydrogen-bond acceptors (Lipinski definition) is 5. The van der Waals surface area contributed by atoms with E-state index in [9.17, 15) is 9.59 Å². The van der Waals surface area contributed by atoms with Crippen molar-refractivity contribution in [2.75, 3.05) is 13.1 Å². The van der Waals surface area contributed by atoms with Crippen molar-refractivity contribution in [1.82, 2.24) is 20.8 Å². The Kier molecular flexibility index (Phi) is 6.30. The highest BCUT2D eigenvalue weighted by molar-refractivity contribution is 5.94. The van der Waals surface area contributed by atoms with Crippen LogP contribution < -0.4 is 10.6 Å². The zero-order valence-electron chi connectivity index (χ0n) is 17.7. The summed E-state index contributed by atoms with van der Waals surface area (Å²) in [6.45, 7) is 8.88. The Morgan fingerprint density at radius 3 is 2.10 bits per heavy atom. The van der Waals surface area contributed by atoms with Crippen LogP contribution in [0.1, 0.15) is 52.9 Å². The van der Waals surface area contributed by atoms with Crippen molar-refractivity contribution in [3.05, 3.63) is 71.1 Å². The Morgan fingerprint density at radius 1 is 0.900 bits per heavy atom. The molecule has 0 saturated heterocycles. The Labute approximate surface area is 175 Å².